The van der Waals surface area contributed by atoms with Crippen molar-refractivity contribution in [2.45, 2.75) is 52.1 Å². The van der Waals surface area contributed by atoms with Gasteiger partial charge in [-0.3, -0.25) is 14.2 Å². The quantitative estimate of drug-likeness (QED) is 0.871. The molecule has 1 amide bonds. The molecule has 0 saturated carbocycles. The molecular weight excluding hydrogens is 334 g/mol. The molecule has 7 heteroatoms. The van der Waals surface area contributed by atoms with Crippen LogP contribution in [0, 0.1) is 5.92 Å². The summed E-state index contributed by atoms with van der Waals surface area (Å²) < 4.78 is 1.73. The number of nitrogens with one attached hydrogen (secondary N) is 1. The molecule has 0 bridgehead atoms. The summed E-state index contributed by atoms with van der Waals surface area (Å²) in [5, 5.41) is 12.2. The highest BCUT2D eigenvalue weighted by Gasteiger charge is 2.24. The number of hydrogen-bond acceptors (Lipinski definition) is 4. The van der Waals surface area contributed by atoms with Crippen LogP contribution >= 0.6 is 0 Å². The summed E-state index contributed by atoms with van der Waals surface area (Å²) in [6.07, 6.45) is 3.77. The highest BCUT2D eigenvalue weighted by Crippen LogP contribution is 2.16. The number of aromatic nitrogens is 2. The summed E-state index contributed by atoms with van der Waals surface area (Å²) in [5.74, 6) is -1.04. The molecule has 2 heterocycles. The number of nitrogens with zero attached hydrogens (tertiary/aromatic N) is 2. The van der Waals surface area contributed by atoms with E-state index in [1.54, 1.807) is 36.6 Å². The van der Waals surface area contributed by atoms with Gasteiger partial charge in [0, 0.05) is 18.5 Å². The van der Waals surface area contributed by atoms with E-state index in [1.165, 1.54) is 0 Å². The third kappa shape index (κ3) is 3.47. The van der Waals surface area contributed by atoms with Gasteiger partial charge >= 0.3 is 5.97 Å². The first-order chi connectivity index (χ1) is 12.4. The molecule has 0 fully saturated rings. The van der Waals surface area contributed by atoms with Crippen molar-refractivity contribution in [3.63, 3.8) is 0 Å². The van der Waals surface area contributed by atoms with Gasteiger partial charge in [0.2, 0.25) is 0 Å². The van der Waals surface area contributed by atoms with E-state index in [1.807, 2.05) is 0 Å². The number of carboxylic acid groups (broad SMARTS) is 1. The number of carbonyl (C=O) groups excluding carboxylic acids is 1. The fourth-order valence-electron chi connectivity index (χ4n) is 3.30. The molecule has 7 nitrogen and oxygen atoms in total. The Kier molecular flexibility index (Phi) is 5.06. The van der Waals surface area contributed by atoms with E-state index in [-0.39, 0.29) is 11.5 Å². The van der Waals surface area contributed by atoms with E-state index >= 15 is 0 Å². The molecule has 1 aromatic carbocycles. The van der Waals surface area contributed by atoms with E-state index in [0.717, 1.165) is 31.5 Å². The summed E-state index contributed by atoms with van der Waals surface area (Å²) in [5.41, 5.74) is 0.701. The lowest BCUT2D eigenvalue weighted by Gasteiger charge is -2.18. The SMILES string of the molecule is CC(C)[C@@H](NC(=O)c1ccc2c(=O)n3c(nc2c1)CCCCC3)C(=O)O. The Morgan fingerprint density at radius 1 is 1.23 bits per heavy atom. The summed E-state index contributed by atoms with van der Waals surface area (Å²) in [6, 6.07) is 3.74. The zero-order valence-electron chi connectivity index (χ0n) is 15.0. The number of carboxylic acids is 1. The predicted molar refractivity (Wildman–Crippen MR) is 97.3 cm³/mol. The summed E-state index contributed by atoms with van der Waals surface area (Å²) in [4.78, 5) is 41.0. The lowest BCUT2D eigenvalue weighted by atomic mass is 10.0. The predicted octanol–water partition coefficient (Wildman–Crippen LogP) is 1.96. The Morgan fingerprint density at radius 2 is 2.00 bits per heavy atom. The average molecular weight is 357 g/mol. The number of aliphatic carboxylic acids is 1. The highest BCUT2D eigenvalue weighted by molar-refractivity contribution is 5.99. The van der Waals surface area contributed by atoms with Crippen LogP contribution < -0.4 is 10.9 Å². The summed E-state index contributed by atoms with van der Waals surface area (Å²) >= 11 is 0. The van der Waals surface area contributed by atoms with Crippen LogP contribution in [0.3, 0.4) is 0 Å². The van der Waals surface area contributed by atoms with Crippen LogP contribution in [0.15, 0.2) is 23.0 Å². The average Bonchev–Trinajstić information content (AvgIpc) is 2.84. The summed E-state index contributed by atoms with van der Waals surface area (Å²) in [6.45, 7) is 4.14. The third-order valence-corrected chi connectivity index (χ3v) is 4.80. The first-order valence-electron chi connectivity index (χ1n) is 8.95. The summed E-state index contributed by atoms with van der Waals surface area (Å²) in [7, 11) is 0. The van der Waals surface area contributed by atoms with Gasteiger partial charge in [0.1, 0.15) is 11.9 Å². The largest absolute Gasteiger partial charge is 0.480 e. The van der Waals surface area contributed by atoms with Gasteiger partial charge in [-0.05, 0) is 37.0 Å². The number of fused-ring (bicyclic) bond motifs is 2. The molecule has 0 unspecified atom stereocenters. The van der Waals surface area contributed by atoms with E-state index < -0.39 is 17.9 Å². The molecule has 3 rings (SSSR count). The van der Waals surface area contributed by atoms with Crippen molar-refractivity contribution < 1.29 is 14.7 Å². The van der Waals surface area contributed by atoms with Crippen molar-refractivity contribution in [1.82, 2.24) is 14.9 Å². The van der Waals surface area contributed by atoms with Gasteiger partial charge in [0.15, 0.2) is 0 Å². The molecule has 1 aliphatic heterocycles. The molecule has 0 saturated heterocycles. The molecule has 1 aliphatic rings. The number of carbonyl (C=O) groups is 2. The zero-order valence-corrected chi connectivity index (χ0v) is 15.0. The van der Waals surface area contributed by atoms with Crippen LogP contribution in [0.1, 0.15) is 49.3 Å². The highest BCUT2D eigenvalue weighted by atomic mass is 16.4. The Balaban J connectivity index is 1.97. The monoisotopic (exact) mass is 357 g/mol. The van der Waals surface area contributed by atoms with E-state index in [4.69, 9.17) is 0 Å². The molecule has 0 spiro atoms. The Labute approximate surface area is 151 Å². The Hall–Kier alpha value is -2.70. The molecule has 0 aliphatic carbocycles. The van der Waals surface area contributed by atoms with Crippen LogP contribution in [0.4, 0.5) is 0 Å². The van der Waals surface area contributed by atoms with Gasteiger partial charge in [-0.25, -0.2) is 9.78 Å². The van der Waals surface area contributed by atoms with Crippen LogP contribution in [0.2, 0.25) is 0 Å². The second-order valence-electron chi connectivity index (χ2n) is 7.06. The van der Waals surface area contributed by atoms with Gasteiger partial charge in [0.05, 0.1) is 10.9 Å². The molecular formula is C19H23N3O4. The smallest absolute Gasteiger partial charge is 0.326 e. The fourth-order valence-corrected chi connectivity index (χ4v) is 3.30. The van der Waals surface area contributed by atoms with Crippen LogP contribution in [0.5, 0.6) is 0 Å². The minimum atomic E-state index is -1.07. The van der Waals surface area contributed by atoms with Gasteiger partial charge in [0.25, 0.3) is 11.5 Å². The minimum Gasteiger partial charge on any atom is -0.480 e. The maximum atomic E-state index is 12.7. The standard InChI is InChI=1S/C19H23N3O4/c1-11(2)16(19(25)26)21-17(23)12-7-8-13-14(10-12)20-15-6-4-3-5-9-22(15)18(13)24/h7-8,10-11,16H,3-6,9H2,1-2H3,(H,21,23)(H,25,26)/t16-/m1/s1. The molecule has 2 N–H and O–H groups in total. The number of rotatable bonds is 4. The minimum absolute atomic E-state index is 0.0792. The molecule has 1 aromatic heterocycles. The van der Waals surface area contributed by atoms with Gasteiger partial charge < -0.3 is 10.4 Å². The van der Waals surface area contributed by atoms with Crippen LogP contribution in [-0.4, -0.2) is 32.6 Å². The number of amides is 1. The van der Waals surface area contributed by atoms with Crippen molar-refractivity contribution in [2.75, 3.05) is 0 Å². The van der Waals surface area contributed by atoms with Gasteiger partial charge in [-0.1, -0.05) is 20.3 Å². The fraction of sp³-hybridized carbons (Fsp3) is 0.474. The number of aryl methyl sites for hydroxylation is 1. The Morgan fingerprint density at radius 3 is 2.69 bits per heavy atom. The lowest BCUT2D eigenvalue weighted by Crippen LogP contribution is -2.44. The van der Waals surface area contributed by atoms with Crippen molar-refractivity contribution in [1.29, 1.82) is 0 Å². The Bertz CT molecular complexity index is 917. The van der Waals surface area contributed by atoms with E-state index in [9.17, 15) is 19.5 Å². The van der Waals surface area contributed by atoms with Crippen molar-refractivity contribution >= 4 is 22.8 Å². The lowest BCUT2D eigenvalue weighted by molar-refractivity contribution is -0.140. The van der Waals surface area contributed by atoms with Crippen molar-refractivity contribution in [3.05, 3.63) is 39.9 Å². The molecule has 26 heavy (non-hydrogen) atoms. The second kappa shape index (κ2) is 7.27. The number of benzene rings is 1. The van der Waals surface area contributed by atoms with E-state index in [0.29, 0.717) is 23.0 Å². The zero-order chi connectivity index (χ0) is 18.8. The van der Waals surface area contributed by atoms with Crippen LogP contribution in [0.25, 0.3) is 10.9 Å². The third-order valence-electron chi connectivity index (χ3n) is 4.80. The topological polar surface area (TPSA) is 101 Å². The van der Waals surface area contributed by atoms with Crippen LogP contribution in [-0.2, 0) is 17.8 Å². The van der Waals surface area contributed by atoms with Crippen molar-refractivity contribution in [3.8, 4) is 0 Å². The first-order valence-corrected chi connectivity index (χ1v) is 8.95. The molecule has 2 aromatic rings. The molecule has 1 atom stereocenters. The van der Waals surface area contributed by atoms with Gasteiger partial charge in [-0.15, -0.1) is 0 Å². The normalized spacial score (nSPS) is 15.3. The van der Waals surface area contributed by atoms with Crippen molar-refractivity contribution in [2.24, 2.45) is 5.92 Å². The second-order valence-corrected chi connectivity index (χ2v) is 7.06. The first kappa shape index (κ1) is 18.1. The van der Waals surface area contributed by atoms with E-state index in [2.05, 4.69) is 10.3 Å². The molecule has 138 valence electrons. The maximum absolute atomic E-state index is 12.7. The number of hydrogen-bond donors (Lipinski definition) is 2. The van der Waals surface area contributed by atoms with Gasteiger partial charge in [-0.2, -0.15) is 0 Å². The molecule has 0 radical (unpaired) electrons. The maximum Gasteiger partial charge on any atom is 0.326 e.